The maximum atomic E-state index is 5.55. The fourth-order valence-electron chi connectivity index (χ4n) is 9.13. The van der Waals surface area contributed by atoms with Crippen molar-refractivity contribution in [1.29, 1.82) is 0 Å². The lowest BCUT2D eigenvalue weighted by molar-refractivity contribution is 0.800. The van der Waals surface area contributed by atoms with Crippen LogP contribution in [0, 0.1) is 10.5 Å². The summed E-state index contributed by atoms with van der Waals surface area (Å²) in [6, 6.07) is 48.9. The van der Waals surface area contributed by atoms with Crippen molar-refractivity contribution in [3.05, 3.63) is 175 Å². The Morgan fingerprint density at radius 3 is 2.20 bits per heavy atom. The van der Waals surface area contributed by atoms with Gasteiger partial charge in [0.25, 0.3) is 0 Å². The molecule has 2 aliphatic carbocycles. The van der Waals surface area contributed by atoms with Crippen LogP contribution in [0.5, 0.6) is 0 Å². The molecule has 6 aromatic carbocycles. The second-order valence-corrected chi connectivity index (χ2v) is 18.4. The van der Waals surface area contributed by atoms with Crippen molar-refractivity contribution in [2.75, 3.05) is 0 Å². The van der Waals surface area contributed by atoms with Gasteiger partial charge in [-0.1, -0.05) is 155 Å². The van der Waals surface area contributed by atoms with Crippen molar-refractivity contribution in [3.63, 3.8) is 0 Å². The lowest BCUT2D eigenvalue weighted by Gasteiger charge is -2.26. The molecule has 0 saturated carbocycles. The normalized spacial score (nSPS) is 15.2. The van der Waals surface area contributed by atoms with Crippen molar-refractivity contribution in [2.45, 2.75) is 39.0 Å². The molecular formula is C51H37IN2S. The zero-order valence-corrected chi connectivity index (χ0v) is 33.7. The summed E-state index contributed by atoms with van der Waals surface area (Å²) in [5.74, 6) is 1.22. The van der Waals surface area contributed by atoms with E-state index >= 15 is 0 Å². The Kier molecular flexibility index (Phi) is 7.92. The topological polar surface area (TPSA) is 25.8 Å². The van der Waals surface area contributed by atoms with E-state index < -0.39 is 0 Å². The average molecular weight is 837 g/mol. The highest BCUT2D eigenvalue weighted by molar-refractivity contribution is 14.2. The van der Waals surface area contributed by atoms with Gasteiger partial charge in [0.1, 0.15) is 0 Å². The number of thiophene rings is 1. The molecule has 264 valence electrons. The van der Waals surface area contributed by atoms with Crippen molar-refractivity contribution >= 4 is 57.8 Å². The molecule has 0 fully saturated rings. The molecular weight excluding hydrogens is 800 g/mol. The number of aromatic nitrogens is 2. The van der Waals surface area contributed by atoms with Crippen LogP contribution in [-0.4, -0.2) is 14.0 Å². The fraction of sp³-hybridized carbons (Fsp3) is 0.118. The molecule has 1 aliphatic heterocycles. The highest BCUT2D eigenvalue weighted by atomic mass is 127. The zero-order valence-electron chi connectivity index (χ0n) is 30.7. The lowest BCUT2D eigenvalue weighted by Crippen LogP contribution is -2.09. The van der Waals surface area contributed by atoms with Gasteiger partial charge >= 0.3 is 0 Å². The number of halogens is 1. The third kappa shape index (κ3) is 5.37. The van der Waals surface area contributed by atoms with Crippen LogP contribution in [0.1, 0.15) is 57.5 Å². The Hall–Kier alpha value is -5.30. The second-order valence-electron chi connectivity index (χ2n) is 15.0. The molecule has 3 heterocycles. The molecule has 2 aromatic heterocycles. The zero-order chi connectivity index (χ0) is 36.6. The number of hydrogen-bond acceptors (Lipinski definition) is 3. The molecule has 4 heteroatoms. The first-order chi connectivity index (χ1) is 27.1. The molecule has 0 spiro atoms. The molecule has 0 amide bonds. The summed E-state index contributed by atoms with van der Waals surface area (Å²) in [5, 5.41) is 1.30. The van der Waals surface area contributed by atoms with Crippen molar-refractivity contribution in [3.8, 4) is 56.2 Å². The Morgan fingerprint density at radius 2 is 1.31 bits per heavy atom. The summed E-state index contributed by atoms with van der Waals surface area (Å²) < 4.78 is 5.19. The second kappa shape index (κ2) is 13.2. The van der Waals surface area contributed by atoms with Gasteiger partial charge < -0.3 is 0 Å². The van der Waals surface area contributed by atoms with Crippen LogP contribution in [0.25, 0.3) is 77.9 Å². The van der Waals surface area contributed by atoms with Gasteiger partial charge in [0.05, 0.1) is 11.4 Å². The Bertz CT molecular complexity index is 2930. The van der Waals surface area contributed by atoms with Crippen molar-refractivity contribution < 1.29 is 0 Å². The first-order valence-electron chi connectivity index (χ1n) is 19.2. The van der Waals surface area contributed by atoms with Crippen LogP contribution in [0.3, 0.4) is 0 Å². The summed E-state index contributed by atoms with van der Waals surface area (Å²) in [5.41, 5.74) is 20.7. The number of hydrogen-bond donors (Lipinski definition) is 0. The summed E-state index contributed by atoms with van der Waals surface area (Å²) in [6.07, 6.45) is 5.74. The molecule has 55 heavy (non-hydrogen) atoms. The van der Waals surface area contributed by atoms with Gasteiger partial charge in [-0.05, 0) is 104 Å². The van der Waals surface area contributed by atoms with Crippen LogP contribution >= 0.6 is 32.1 Å². The minimum atomic E-state index is -0.348. The van der Waals surface area contributed by atoms with E-state index in [-0.39, 0.29) is 20.7 Å². The van der Waals surface area contributed by atoms with E-state index in [9.17, 15) is 0 Å². The van der Waals surface area contributed by atoms with Crippen LogP contribution in [-0.2, 0) is 12.8 Å². The van der Waals surface area contributed by atoms with Crippen molar-refractivity contribution in [1.82, 2.24) is 9.97 Å². The molecule has 0 N–H and O–H groups in total. The molecule has 1 unspecified atom stereocenters. The summed E-state index contributed by atoms with van der Waals surface area (Å²) >= 11 is 1.60. The summed E-state index contributed by atoms with van der Waals surface area (Å²) in [6.45, 7) is 4.62. The van der Waals surface area contributed by atoms with E-state index in [4.69, 9.17) is 9.97 Å². The quantitative estimate of drug-likeness (QED) is 0.165. The number of nitrogens with zero attached hydrogens (tertiary/aromatic N) is 2. The fourth-order valence-corrected chi connectivity index (χ4v) is 13.2. The van der Waals surface area contributed by atoms with Crippen LogP contribution < -0.4 is 0 Å². The van der Waals surface area contributed by atoms with Crippen LogP contribution in [0.2, 0.25) is 0 Å². The third-order valence-corrected chi connectivity index (χ3v) is 16.0. The smallest absolute Gasteiger partial charge is 0.161 e. The molecule has 8 aromatic rings. The Labute approximate surface area is 336 Å². The van der Waals surface area contributed by atoms with Crippen LogP contribution in [0.15, 0.2) is 133 Å². The van der Waals surface area contributed by atoms with Gasteiger partial charge in [0.15, 0.2) is 5.82 Å². The number of allylic oxidation sites excluding steroid dienone is 1. The van der Waals surface area contributed by atoms with Gasteiger partial charge in [-0.3, -0.25) is 0 Å². The predicted molar refractivity (Wildman–Crippen MR) is 242 cm³/mol. The lowest BCUT2D eigenvalue weighted by atomic mass is 9.78. The first-order valence-corrected chi connectivity index (χ1v) is 22.3. The number of fused-ring (bicyclic) bond motifs is 9. The Balaban J connectivity index is 1.09. The van der Waals surface area contributed by atoms with Gasteiger partial charge in [-0.2, -0.15) is 0 Å². The monoisotopic (exact) mass is 836 g/mol. The average Bonchev–Trinajstić information content (AvgIpc) is 3.63. The first kappa shape index (κ1) is 33.1. The highest BCUT2D eigenvalue weighted by Gasteiger charge is 2.28. The van der Waals surface area contributed by atoms with Gasteiger partial charge in [-0.25, -0.2) is 9.97 Å². The summed E-state index contributed by atoms with van der Waals surface area (Å²) in [7, 11) is 0. The SMILES string of the molecule is Cc1c(-c2ccccc2)nc(-c2cccc3c4c(sc23)C(C)CC(c2cccc3c2CCc2ccccc2-3)=C4)nc1-c1cccc2c1I=Cc1ccccc1-2. The molecule has 3 aliphatic rings. The van der Waals surface area contributed by atoms with E-state index in [2.05, 4.69) is 157 Å². The van der Waals surface area contributed by atoms with Gasteiger partial charge in [-0.15, -0.1) is 11.3 Å². The van der Waals surface area contributed by atoms with E-state index in [1.807, 2.05) is 11.3 Å². The van der Waals surface area contributed by atoms with E-state index in [1.54, 1.807) is 0 Å². The predicted octanol–water partition coefficient (Wildman–Crippen LogP) is 13.8. The molecule has 0 radical (unpaired) electrons. The molecule has 11 rings (SSSR count). The molecule has 0 bridgehead atoms. The number of rotatable bonds is 4. The molecule has 1 atom stereocenters. The molecule has 0 saturated heterocycles. The standard InChI is InChI=1S/C51H37IN2S/c1-30-27-35(38-19-10-20-39-36-17-8-6-13-32(36)25-26-40(38)39)28-45-42-22-12-24-44(50(42)55-49(30)45)51-53-47(33-14-4-3-5-15-33)31(2)48(54-51)43-23-11-21-41-37-18-9-7-16-34(37)29-52-46(41)43/h3-24,28-30H,25-27H2,1-2H3. The maximum absolute atomic E-state index is 5.55. The van der Waals surface area contributed by atoms with Gasteiger partial charge in [0.2, 0.25) is 0 Å². The number of aryl methyl sites for hydroxylation is 1. The number of benzene rings is 6. The largest absolute Gasteiger partial charge is 0.228 e. The van der Waals surface area contributed by atoms with Gasteiger partial charge in [0, 0.05) is 40.8 Å². The Morgan fingerprint density at radius 1 is 0.618 bits per heavy atom. The maximum Gasteiger partial charge on any atom is 0.161 e. The minimum absolute atomic E-state index is 0.348. The summed E-state index contributed by atoms with van der Waals surface area (Å²) in [4.78, 5) is 12.4. The van der Waals surface area contributed by atoms with E-state index in [0.29, 0.717) is 5.92 Å². The third-order valence-electron chi connectivity index (χ3n) is 11.8. The molecule has 2 nitrogen and oxygen atoms in total. The van der Waals surface area contributed by atoms with E-state index in [1.165, 1.54) is 79.7 Å². The van der Waals surface area contributed by atoms with E-state index in [0.717, 1.165) is 53.2 Å². The van der Waals surface area contributed by atoms with Crippen LogP contribution in [0.4, 0.5) is 0 Å². The highest BCUT2D eigenvalue weighted by Crippen LogP contribution is 2.50. The van der Waals surface area contributed by atoms with Crippen molar-refractivity contribution in [2.24, 2.45) is 0 Å². The minimum Gasteiger partial charge on any atom is -0.228 e.